The van der Waals surface area contributed by atoms with Crippen LogP contribution in [0.5, 0.6) is 0 Å². The number of carboxylic acids is 1. The Bertz CT molecular complexity index is 770. The molecule has 0 aromatic heterocycles. The summed E-state index contributed by atoms with van der Waals surface area (Å²) >= 11 is 6.00. The quantitative estimate of drug-likeness (QED) is 0.724. The number of carbonyl (C=O) groups is 2. The number of carbonyl (C=O) groups excluding carboxylic acids is 1. The van der Waals surface area contributed by atoms with Gasteiger partial charge in [0.1, 0.15) is 5.60 Å². The molecule has 10 heteroatoms. The van der Waals surface area contributed by atoms with E-state index in [1.165, 1.54) is 0 Å². The van der Waals surface area contributed by atoms with Crippen LogP contribution in [0.1, 0.15) is 55.1 Å². The number of nitrogens with zero attached hydrogens (tertiary/aromatic N) is 1. The highest BCUT2D eigenvalue weighted by molar-refractivity contribution is 6.31. The van der Waals surface area contributed by atoms with Crippen molar-refractivity contribution in [1.82, 2.24) is 10.2 Å². The van der Waals surface area contributed by atoms with Crippen LogP contribution in [0.4, 0.5) is 18.0 Å². The first kappa shape index (κ1) is 23.3. The molecule has 1 saturated heterocycles. The number of alkyl halides is 3. The molecular formula is C19H24ClF3N2O4. The number of amides is 1. The first-order valence-electron chi connectivity index (χ1n) is 9.11. The number of piperidine rings is 1. The topological polar surface area (TPSA) is 78.9 Å². The van der Waals surface area contributed by atoms with E-state index in [-0.39, 0.29) is 23.2 Å². The molecule has 0 spiro atoms. The predicted molar refractivity (Wildman–Crippen MR) is 101 cm³/mol. The molecule has 1 aliphatic heterocycles. The molecule has 0 radical (unpaired) electrons. The van der Waals surface area contributed by atoms with Gasteiger partial charge in [0.2, 0.25) is 0 Å². The van der Waals surface area contributed by atoms with Crippen LogP contribution in [0.2, 0.25) is 5.02 Å². The van der Waals surface area contributed by atoms with Gasteiger partial charge in [-0.05, 0) is 51.3 Å². The molecule has 1 aromatic carbocycles. The third kappa shape index (κ3) is 6.78. The van der Waals surface area contributed by atoms with E-state index in [0.717, 1.165) is 6.07 Å². The Labute approximate surface area is 172 Å². The summed E-state index contributed by atoms with van der Waals surface area (Å²) in [5.41, 5.74) is -2.32. The molecule has 1 amide bonds. The normalized spacial score (nSPS) is 16.5. The molecule has 29 heavy (non-hydrogen) atoms. The number of benzene rings is 1. The lowest BCUT2D eigenvalue weighted by atomic mass is 10.00. The molecule has 1 fully saturated rings. The Kier molecular flexibility index (Phi) is 7.06. The molecule has 0 bridgehead atoms. The Hall–Kier alpha value is -2.00. The minimum Gasteiger partial charge on any atom is -0.478 e. The van der Waals surface area contributed by atoms with Crippen LogP contribution in [-0.4, -0.2) is 46.8 Å². The van der Waals surface area contributed by atoms with Gasteiger partial charge in [-0.15, -0.1) is 0 Å². The third-order valence-electron chi connectivity index (χ3n) is 4.44. The second kappa shape index (κ2) is 8.79. The highest BCUT2D eigenvalue weighted by atomic mass is 35.5. The number of hydrogen-bond acceptors (Lipinski definition) is 4. The van der Waals surface area contributed by atoms with Crippen molar-refractivity contribution in [3.05, 3.63) is 33.8 Å². The summed E-state index contributed by atoms with van der Waals surface area (Å²) in [7, 11) is 0. The number of hydrogen-bond donors (Lipinski definition) is 2. The lowest BCUT2D eigenvalue weighted by molar-refractivity contribution is -0.138. The fourth-order valence-corrected chi connectivity index (χ4v) is 3.39. The fourth-order valence-electron chi connectivity index (χ4n) is 3.11. The monoisotopic (exact) mass is 436 g/mol. The molecule has 2 N–H and O–H groups in total. The number of carboxylic acid groups (broad SMARTS) is 1. The van der Waals surface area contributed by atoms with Crippen LogP contribution >= 0.6 is 11.6 Å². The van der Waals surface area contributed by atoms with Gasteiger partial charge in [-0.25, -0.2) is 9.59 Å². The SMILES string of the molecule is CC(C)(C)OC(=O)NC1CCN(Cc2c(Cl)cc(C(=O)O)cc2C(F)(F)F)CC1. The average molecular weight is 437 g/mol. The van der Waals surface area contributed by atoms with E-state index in [2.05, 4.69) is 5.32 Å². The van der Waals surface area contributed by atoms with Crippen LogP contribution in [0, 0.1) is 0 Å². The molecular weight excluding hydrogens is 413 g/mol. The number of alkyl carbamates (subject to hydrolysis) is 1. The fraction of sp³-hybridized carbons (Fsp3) is 0.579. The van der Waals surface area contributed by atoms with Crippen LogP contribution in [0.15, 0.2) is 12.1 Å². The largest absolute Gasteiger partial charge is 0.478 e. The predicted octanol–water partition coefficient (Wildman–Crippen LogP) is 4.55. The van der Waals surface area contributed by atoms with Crippen molar-refractivity contribution in [2.45, 2.75) is 58.0 Å². The standard InChI is InChI=1S/C19H24ClF3N2O4/c1-18(2,3)29-17(28)24-12-4-6-25(7-5-12)10-13-14(19(21,22)23)8-11(16(26)27)9-15(13)20/h8-9,12H,4-7,10H2,1-3H3,(H,24,28)(H,26,27). The number of aromatic carboxylic acids is 1. The Balaban J connectivity index is 2.05. The van der Waals surface area contributed by atoms with E-state index in [0.29, 0.717) is 32.0 Å². The number of halogens is 4. The number of ether oxygens (including phenoxy) is 1. The van der Waals surface area contributed by atoms with Crippen molar-refractivity contribution >= 4 is 23.7 Å². The molecule has 1 heterocycles. The molecule has 0 atom stereocenters. The van der Waals surface area contributed by atoms with Crippen molar-refractivity contribution < 1.29 is 32.6 Å². The molecule has 0 unspecified atom stereocenters. The number of likely N-dealkylation sites (tertiary alicyclic amines) is 1. The van der Waals surface area contributed by atoms with Gasteiger partial charge in [0, 0.05) is 30.7 Å². The summed E-state index contributed by atoms with van der Waals surface area (Å²) in [6.45, 7) is 6.11. The zero-order valence-corrected chi connectivity index (χ0v) is 17.2. The highest BCUT2D eigenvalue weighted by Crippen LogP contribution is 2.37. The highest BCUT2D eigenvalue weighted by Gasteiger charge is 2.36. The molecule has 0 saturated carbocycles. The zero-order chi connectivity index (χ0) is 22.0. The molecule has 6 nitrogen and oxygen atoms in total. The second-order valence-electron chi connectivity index (χ2n) is 7.98. The van der Waals surface area contributed by atoms with Crippen LogP contribution < -0.4 is 5.32 Å². The van der Waals surface area contributed by atoms with Crippen molar-refractivity contribution in [2.75, 3.05) is 13.1 Å². The Morgan fingerprint density at radius 1 is 1.24 bits per heavy atom. The minimum atomic E-state index is -4.72. The van der Waals surface area contributed by atoms with Crippen molar-refractivity contribution in [1.29, 1.82) is 0 Å². The maximum Gasteiger partial charge on any atom is 0.416 e. The first-order chi connectivity index (χ1) is 13.3. The Morgan fingerprint density at radius 3 is 2.31 bits per heavy atom. The number of nitrogens with one attached hydrogen (secondary N) is 1. The van der Waals surface area contributed by atoms with E-state index in [1.807, 2.05) is 0 Å². The van der Waals surface area contributed by atoms with Crippen LogP contribution in [-0.2, 0) is 17.5 Å². The summed E-state index contributed by atoms with van der Waals surface area (Å²) in [6.07, 6.45) is -4.15. The van der Waals surface area contributed by atoms with Gasteiger partial charge in [-0.2, -0.15) is 13.2 Å². The minimum absolute atomic E-state index is 0.0628. The lowest BCUT2D eigenvalue weighted by Crippen LogP contribution is -2.46. The summed E-state index contributed by atoms with van der Waals surface area (Å²) < 4.78 is 45.5. The van der Waals surface area contributed by atoms with Crippen LogP contribution in [0.25, 0.3) is 0 Å². The van der Waals surface area contributed by atoms with Gasteiger partial charge in [0.05, 0.1) is 11.1 Å². The zero-order valence-electron chi connectivity index (χ0n) is 16.4. The molecule has 0 aliphatic carbocycles. The Morgan fingerprint density at radius 2 is 1.83 bits per heavy atom. The van der Waals surface area contributed by atoms with Gasteiger partial charge >= 0.3 is 18.2 Å². The maximum absolute atomic E-state index is 13.4. The molecule has 2 rings (SSSR count). The van der Waals surface area contributed by atoms with Gasteiger partial charge in [-0.1, -0.05) is 11.6 Å². The molecule has 1 aromatic rings. The number of rotatable bonds is 4. The summed E-state index contributed by atoms with van der Waals surface area (Å²) in [5, 5.41) is 11.5. The van der Waals surface area contributed by atoms with E-state index in [4.69, 9.17) is 21.4 Å². The van der Waals surface area contributed by atoms with E-state index >= 15 is 0 Å². The maximum atomic E-state index is 13.4. The second-order valence-corrected chi connectivity index (χ2v) is 8.39. The van der Waals surface area contributed by atoms with E-state index < -0.39 is 35.0 Å². The molecule has 1 aliphatic rings. The van der Waals surface area contributed by atoms with Gasteiger partial charge in [0.25, 0.3) is 0 Å². The summed E-state index contributed by atoms with van der Waals surface area (Å²) in [6, 6.07) is 1.51. The van der Waals surface area contributed by atoms with Crippen LogP contribution in [0.3, 0.4) is 0 Å². The summed E-state index contributed by atoms with van der Waals surface area (Å²) in [4.78, 5) is 24.7. The third-order valence-corrected chi connectivity index (χ3v) is 4.78. The van der Waals surface area contributed by atoms with E-state index in [1.54, 1.807) is 25.7 Å². The summed E-state index contributed by atoms with van der Waals surface area (Å²) in [5.74, 6) is -1.47. The van der Waals surface area contributed by atoms with Gasteiger partial charge in [-0.3, -0.25) is 4.90 Å². The van der Waals surface area contributed by atoms with Crippen molar-refractivity contribution in [2.24, 2.45) is 0 Å². The lowest BCUT2D eigenvalue weighted by Gasteiger charge is -2.33. The van der Waals surface area contributed by atoms with Crippen molar-refractivity contribution in [3.63, 3.8) is 0 Å². The smallest absolute Gasteiger partial charge is 0.416 e. The van der Waals surface area contributed by atoms with Crippen molar-refractivity contribution in [3.8, 4) is 0 Å². The van der Waals surface area contributed by atoms with Gasteiger partial charge < -0.3 is 15.2 Å². The van der Waals surface area contributed by atoms with E-state index in [9.17, 15) is 22.8 Å². The first-order valence-corrected chi connectivity index (χ1v) is 9.49. The average Bonchev–Trinajstić information content (AvgIpc) is 2.55. The molecule has 162 valence electrons. The van der Waals surface area contributed by atoms with Gasteiger partial charge in [0.15, 0.2) is 0 Å².